The van der Waals surface area contributed by atoms with Crippen molar-refractivity contribution in [3.05, 3.63) is 60.2 Å². The lowest BCUT2D eigenvalue weighted by atomic mass is 10.2. The van der Waals surface area contributed by atoms with Gasteiger partial charge in [0.2, 0.25) is 0 Å². The third kappa shape index (κ3) is 7.55. The fraction of sp³-hybridized carbons (Fsp3) is 0.375. The molecule has 98 valence electrons. The summed E-state index contributed by atoms with van der Waals surface area (Å²) in [6.07, 6.45) is 7.58. The molecule has 0 amide bonds. The third-order valence-electron chi connectivity index (χ3n) is 2.25. The molecule has 0 fully saturated rings. The lowest BCUT2D eigenvalue weighted by Gasteiger charge is -1.89. The van der Waals surface area contributed by atoms with Crippen molar-refractivity contribution in [3.8, 4) is 0 Å². The van der Waals surface area contributed by atoms with Crippen LogP contribution in [0, 0.1) is 0 Å². The van der Waals surface area contributed by atoms with Crippen LogP contribution in [0.1, 0.15) is 39.0 Å². The van der Waals surface area contributed by atoms with Crippen molar-refractivity contribution in [3.63, 3.8) is 0 Å². The van der Waals surface area contributed by atoms with Crippen LogP contribution in [0.4, 0.5) is 0 Å². The number of nitrogens with zero attached hydrogens (tertiary/aromatic N) is 2. The van der Waals surface area contributed by atoms with E-state index in [0.717, 1.165) is 18.5 Å². The van der Waals surface area contributed by atoms with Gasteiger partial charge < -0.3 is 0 Å². The molecule has 0 saturated carbocycles. The summed E-state index contributed by atoms with van der Waals surface area (Å²) in [6.45, 7) is 8.23. The Labute approximate surface area is 111 Å². The van der Waals surface area contributed by atoms with Crippen LogP contribution < -0.4 is 0 Å². The molecule has 18 heavy (non-hydrogen) atoms. The molecule has 0 atom stereocenters. The van der Waals surface area contributed by atoms with Gasteiger partial charge >= 0.3 is 0 Å². The SMILES string of the molecule is CC.CCc1ccccn1.CCc1ccncc1. The summed E-state index contributed by atoms with van der Waals surface area (Å²) in [7, 11) is 0. The first-order chi connectivity index (χ1) is 8.86. The second-order valence-electron chi connectivity index (χ2n) is 3.38. The van der Waals surface area contributed by atoms with Crippen LogP contribution in [0.5, 0.6) is 0 Å². The maximum absolute atomic E-state index is 4.10. The monoisotopic (exact) mass is 244 g/mol. The molecule has 0 spiro atoms. The van der Waals surface area contributed by atoms with Crippen molar-refractivity contribution in [1.29, 1.82) is 0 Å². The van der Waals surface area contributed by atoms with E-state index in [2.05, 4.69) is 23.8 Å². The predicted octanol–water partition coefficient (Wildman–Crippen LogP) is 4.31. The molecule has 2 aromatic rings. The Bertz CT molecular complexity index is 331. The zero-order valence-electron chi connectivity index (χ0n) is 11.9. The molecule has 2 rings (SSSR count). The molecule has 0 bridgehead atoms. The molecule has 0 aliphatic heterocycles. The average Bonchev–Trinajstić information content (AvgIpc) is 2.51. The molecule has 0 unspecified atom stereocenters. The molecular formula is C16H24N2. The van der Waals surface area contributed by atoms with E-state index in [0.29, 0.717) is 0 Å². The van der Waals surface area contributed by atoms with Gasteiger partial charge in [-0.3, -0.25) is 9.97 Å². The van der Waals surface area contributed by atoms with Crippen molar-refractivity contribution in [2.75, 3.05) is 0 Å². The maximum Gasteiger partial charge on any atom is 0.0400 e. The van der Waals surface area contributed by atoms with Crippen molar-refractivity contribution >= 4 is 0 Å². The van der Waals surface area contributed by atoms with E-state index in [4.69, 9.17) is 0 Å². The minimum absolute atomic E-state index is 1.03. The average molecular weight is 244 g/mol. The van der Waals surface area contributed by atoms with Crippen molar-refractivity contribution in [2.45, 2.75) is 40.5 Å². The van der Waals surface area contributed by atoms with Gasteiger partial charge in [0, 0.05) is 24.3 Å². The van der Waals surface area contributed by atoms with E-state index in [1.807, 2.05) is 62.8 Å². The number of aryl methyl sites for hydroxylation is 2. The molecule has 0 radical (unpaired) electrons. The van der Waals surface area contributed by atoms with E-state index >= 15 is 0 Å². The smallest absolute Gasteiger partial charge is 0.0400 e. The van der Waals surface area contributed by atoms with Gasteiger partial charge in [-0.1, -0.05) is 33.8 Å². The summed E-state index contributed by atoms with van der Waals surface area (Å²) >= 11 is 0. The molecule has 2 aromatic heterocycles. The van der Waals surface area contributed by atoms with Crippen LogP contribution in [-0.2, 0) is 12.8 Å². The Kier molecular flexibility index (Phi) is 10.7. The number of aromatic nitrogens is 2. The van der Waals surface area contributed by atoms with E-state index in [9.17, 15) is 0 Å². The van der Waals surface area contributed by atoms with Gasteiger partial charge in [-0.25, -0.2) is 0 Å². The van der Waals surface area contributed by atoms with Crippen LogP contribution in [0.25, 0.3) is 0 Å². The fourth-order valence-corrected chi connectivity index (χ4v) is 1.23. The van der Waals surface area contributed by atoms with E-state index in [1.54, 1.807) is 0 Å². The molecule has 0 saturated heterocycles. The minimum Gasteiger partial charge on any atom is -0.265 e. The number of pyridine rings is 2. The Morgan fingerprint density at radius 1 is 0.833 bits per heavy atom. The summed E-state index contributed by atoms with van der Waals surface area (Å²) < 4.78 is 0. The highest BCUT2D eigenvalue weighted by Crippen LogP contribution is 1.94. The molecule has 0 aliphatic carbocycles. The quantitative estimate of drug-likeness (QED) is 0.786. The zero-order chi connectivity index (χ0) is 13.6. The molecule has 0 aliphatic rings. The first-order valence-corrected chi connectivity index (χ1v) is 6.65. The Morgan fingerprint density at radius 2 is 1.50 bits per heavy atom. The Hall–Kier alpha value is -1.70. The van der Waals surface area contributed by atoms with E-state index in [1.165, 1.54) is 5.56 Å². The Balaban J connectivity index is 0.000000283. The van der Waals surface area contributed by atoms with Crippen LogP contribution in [0.15, 0.2) is 48.9 Å². The molecule has 2 nitrogen and oxygen atoms in total. The fourth-order valence-electron chi connectivity index (χ4n) is 1.23. The summed E-state index contributed by atoms with van der Waals surface area (Å²) in [4.78, 5) is 7.99. The molecular weight excluding hydrogens is 220 g/mol. The molecule has 2 heteroatoms. The van der Waals surface area contributed by atoms with E-state index in [-0.39, 0.29) is 0 Å². The van der Waals surface area contributed by atoms with Gasteiger partial charge in [-0.05, 0) is 42.7 Å². The number of hydrogen-bond donors (Lipinski definition) is 0. The standard InChI is InChI=1S/2C7H9N.C2H6/c1-2-7-3-5-8-6-4-7;1-2-7-5-3-4-6-8-7;1-2/h2*3-6H,2H2,1H3;1-2H3. The number of rotatable bonds is 2. The molecule has 0 aromatic carbocycles. The summed E-state index contributed by atoms with van der Waals surface area (Å²) in [5.41, 5.74) is 2.51. The summed E-state index contributed by atoms with van der Waals surface area (Å²) in [6, 6.07) is 10.0. The molecule has 2 heterocycles. The normalized spacial score (nSPS) is 8.44. The van der Waals surface area contributed by atoms with Crippen LogP contribution in [0.3, 0.4) is 0 Å². The topological polar surface area (TPSA) is 25.8 Å². The highest BCUT2D eigenvalue weighted by Gasteiger charge is 1.82. The highest BCUT2D eigenvalue weighted by atomic mass is 14.7. The lowest BCUT2D eigenvalue weighted by molar-refractivity contribution is 1.04. The van der Waals surface area contributed by atoms with Crippen molar-refractivity contribution < 1.29 is 0 Å². The van der Waals surface area contributed by atoms with Gasteiger partial charge in [0.05, 0.1) is 0 Å². The first-order valence-electron chi connectivity index (χ1n) is 6.65. The van der Waals surface area contributed by atoms with Gasteiger partial charge in [-0.15, -0.1) is 0 Å². The van der Waals surface area contributed by atoms with E-state index < -0.39 is 0 Å². The highest BCUT2D eigenvalue weighted by molar-refractivity contribution is 5.08. The van der Waals surface area contributed by atoms with Gasteiger partial charge in [-0.2, -0.15) is 0 Å². The molecule has 0 N–H and O–H groups in total. The maximum atomic E-state index is 4.10. The van der Waals surface area contributed by atoms with Gasteiger partial charge in [0.25, 0.3) is 0 Å². The van der Waals surface area contributed by atoms with Crippen LogP contribution in [-0.4, -0.2) is 9.97 Å². The van der Waals surface area contributed by atoms with Crippen molar-refractivity contribution in [1.82, 2.24) is 9.97 Å². The largest absolute Gasteiger partial charge is 0.265 e. The third-order valence-corrected chi connectivity index (χ3v) is 2.25. The van der Waals surface area contributed by atoms with Crippen molar-refractivity contribution in [2.24, 2.45) is 0 Å². The summed E-state index contributed by atoms with van der Waals surface area (Å²) in [5, 5.41) is 0. The number of hydrogen-bond acceptors (Lipinski definition) is 2. The van der Waals surface area contributed by atoms with Gasteiger partial charge in [0.15, 0.2) is 0 Å². The second-order valence-corrected chi connectivity index (χ2v) is 3.38. The first kappa shape index (κ1) is 16.3. The van der Waals surface area contributed by atoms with Gasteiger partial charge in [0.1, 0.15) is 0 Å². The zero-order valence-corrected chi connectivity index (χ0v) is 11.9. The second kappa shape index (κ2) is 11.8. The summed E-state index contributed by atoms with van der Waals surface area (Å²) in [5.74, 6) is 0. The Morgan fingerprint density at radius 3 is 1.83 bits per heavy atom. The minimum atomic E-state index is 1.03. The lowest BCUT2D eigenvalue weighted by Crippen LogP contribution is -1.81. The predicted molar refractivity (Wildman–Crippen MR) is 78.6 cm³/mol. The van der Waals surface area contributed by atoms with Crippen LogP contribution in [0.2, 0.25) is 0 Å². The van der Waals surface area contributed by atoms with Crippen LogP contribution >= 0.6 is 0 Å².